The van der Waals surface area contributed by atoms with Gasteiger partial charge in [0.25, 0.3) is 0 Å². The van der Waals surface area contributed by atoms with Gasteiger partial charge in [-0.15, -0.1) is 0 Å². The van der Waals surface area contributed by atoms with Crippen molar-refractivity contribution in [3.8, 4) is 0 Å². The van der Waals surface area contributed by atoms with E-state index in [4.69, 9.17) is 18.9 Å². The second-order valence-corrected chi connectivity index (χ2v) is 9.47. The monoisotopic (exact) mass is 517 g/mol. The van der Waals surface area contributed by atoms with E-state index in [2.05, 4.69) is 4.36 Å². The zero-order chi connectivity index (χ0) is 25.2. The normalized spacial score (nSPS) is 22.3. The molecule has 0 saturated carbocycles. The van der Waals surface area contributed by atoms with E-state index in [1.54, 1.807) is 0 Å². The number of halogens is 2. The van der Waals surface area contributed by atoms with Crippen LogP contribution in [0.3, 0.4) is 0 Å². The molecule has 0 spiro atoms. The first kappa shape index (κ1) is 26.4. The second kappa shape index (κ2) is 13.0. The van der Waals surface area contributed by atoms with Gasteiger partial charge in [0, 0.05) is 0 Å². The Hall–Kier alpha value is -2.69. The summed E-state index contributed by atoms with van der Waals surface area (Å²) in [5.41, 5.74) is 2.76. The van der Waals surface area contributed by atoms with Gasteiger partial charge in [0.05, 0.1) is 33.0 Å². The number of hydrogen-bond acceptors (Lipinski definition) is 6. The van der Waals surface area contributed by atoms with Gasteiger partial charge in [0.2, 0.25) is 0 Å². The number of rotatable bonds is 11. The van der Waals surface area contributed by atoms with Crippen LogP contribution in [0.4, 0.5) is 7.77 Å². The van der Waals surface area contributed by atoms with Crippen molar-refractivity contribution in [1.29, 1.82) is 0 Å². The van der Waals surface area contributed by atoms with Gasteiger partial charge in [-0.05, 0) is 16.7 Å². The Balaban J connectivity index is 1.54. The van der Waals surface area contributed by atoms with Crippen molar-refractivity contribution in [3.05, 3.63) is 108 Å². The highest BCUT2D eigenvalue weighted by Gasteiger charge is 2.43. The van der Waals surface area contributed by atoms with Crippen LogP contribution in [0.1, 0.15) is 16.7 Å². The molecule has 3 aromatic rings. The fourth-order valence-corrected chi connectivity index (χ4v) is 4.54. The summed E-state index contributed by atoms with van der Waals surface area (Å²) in [6, 6.07) is 27.3. The second-order valence-electron chi connectivity index (χ2n) is 8.46. The van der Waals surface area contributed by atoms with Gasteiger partial charge >= 0.3 is 10.5 Å². The molecule has 0 radical (unpaired) electrons. The molecule has 192 valence electrons. The summed E-state index contributed by atoms with van der Waals surface area (Å²) in [6.07, 6.45) is -2.30. The third-order valence-corrected chi connectivity index (χ3v) is 6.29. The summed E-state index contributed by atoms with van der Waals surface area (Å²) < 4.78 is 65.6. The Bertz CT molecular complexity index is 1170. The van der Waals surface area contributed by atoms with Crippen molar-refractivity contribution in [2.24, 2.45) is 4.36 Å². The average molecular weight is 518 g/mol. The molecule has 0 amide bonds. The molecule has 0 aromatic heterocycles. The highest BCUT2D eigenvalue weighted by atomic mass is 32.3. The predicted octanol–water partition coefficient (Wildman–Crippen LogP) is 5.38. The molecule has 1 heterocycles. The third kappa shape index (κ3) is 8.18. The lowest BCUT2D eigenvalue weighted by atomic mass is 9.98. The Morgan fingerprint density at radius 2 is 1.22 bits per heavy atom. The SMILES string of the molecule is O=S(F)(F)=N[C@@H]1CO[C@H](COCc2ccccc2)[C@H](OCc2ccccc2)[C@@H]1OCc1ccccc1. The maximum Gasteiger partial charge on any atom is 0.367 e. The molecular formula is C27H29F2NO5S. The smallest absolute Gasteiger partial charge is 0.367 e. The van der Waals surface area contributed by atoms with Crippen molar-refractivity contribution in [2.45, 2.75) is 44.2 Å². The summed E-state index contributed by atoms with van der Waals surface area (Å²) in [6.45, 7) is 0.697. The van der Waals surface area contributed by atoms with E-state index in [-0.39, 0.29) is 26.4 Å². The molecule has 1 fully saturated rings. The first-order chi connectivity index (χ1) is 17.5. The summed E-state index contributed by atoms with van der Waals surface area (Å²) in [5, 5.41) is 0. The van der Waals surface area contributed by atoms with Gasteiger partial charge in [0.15, 0.2) is 0 Å². The van der Waals surface area contributed by atoms with E-state index in [9.17, 15) is 12.0 Å². The lowest BCUT2D eigenvalue weighted by Crippen LogP contribution is -2.56. The highest BCUT2D eigenvalue weighted by Crippen LogP contribution is 2.27. The van der Waals surface area contributed by atoms with Crippen molar-refractivity contribution >= 4 is 10.5 Å². The third-order valence-electron chi connectivity index (χ3n) is 5.77. The highest BCUT2D eigenvalue weighted by molar-refractivity contribution is 7.83. The standard InChI is InChI=1S/C27H29F2NO5S/c28-36(29,31)30-24-19-33-25(20-32-16-21-10-4-1-5-11-21)27(35-18-23-14-8-3-9-15-23)26(24)34-17-22-12-6-2-7-13-22/h1-15,24-27H,16-20H2/t24-,25-,26-,27+/m1/s1. The first-order valence-corrected chi connectivity index (χ1v) is 13.0. The Morgan fingerprint density at radius 1 is 0.750 bits per heavy atom. The summed E-state index contributed by atoms with van der Waals surface area (Å²) in [4.78, 5) is 0. The van der Waals surface area contributed by atoms with Crippen LogP contribution in [-0.4, -0.2) is 41.8 Å². The van der Waals surface area contributed by atoms with Crippen LogP contribution in [0.25, 0.3) is 0 Å². The van der Waals surface area contributed by atoms with E-state index < -0.39 is 34.9 Å². The molecule has 1 saturated heterocycles. The molecule has 0 aliphatic carbocycles. The predicted molar refractivity (Wildman–Crippen MR) is 132 cm³/mol. The molecule has 0 unspecified atom stereocenters. The van der Waals surface area contributed by atoms with Crippen molar-refractivity contribution in [3.63, 3.8) is 0 Å². The van der Waals surface area contributed by atoms with Crippen LogP contribution in [0.15, 0.2) is 95.4 Å². The first-order valence-electron chi connectivity index (χ1n) is 11.7. The van der Waals surface area contributed by atoms with Crippen molar-refractivity contribution < 1.29 is 30.9 Å². The fourth-order valence-electron chi connectivity index (χ4n) is 4.04. The minimum absolute atomic E-state index is 0.153. The molecule has 6 nitrogen and oxygen atoms in total. The van der Waals surface area contributed by atoms with Gasteiger partial charge in [-0.25, -0.2) is 0 Å². The van der Waals surface area contributed by atoms with Gasteiger partial charge in [0.1, 0.15) is 24.4 Å². The maximum absolute atomic E-state index is 13.5. The van der Waals surface area contributed by atoms with Gasteiger partial charge < -0.3 is 18.9 Å². The molecule has 4 atom stereocenters. The summed E-state index contributed by atoms with van der Waals surface area (Å²) in [7, 11) is -5.37. The van der Waals surface area contributed by atoms with Gasteiger partial charge in [-0.2, -0.15) is 8.57 Å². The molecule has 0 N–H and O–H groups in total. The number of hydrogen-bond donors (Lipinski definition) is 0. The quantitative estimate of drug-likeness (QED) is 0.320. The van der Waals surface area contributed by atoms with E-state index in [0.29, 0.717) is 6.61 Å². The van der Waals surface area contributed by atoms with Crippen LogP contribution >= 0.6 is 0 Å². The number of nitrogens with zero attached hydrogens (tertiary/aromatic N) is 1. The Labute approximate surface area is 210 Å². The minimum atomic E-state index is -5.37. The van der Waals surface area contributed by atoms with E-state index in [1.807, 2.05) is 91.0 Å². The molecule has 0 bridgehead atoms. The summed E-state index contributed by atoms with van der Waals surface area (Å²) >= 11 is 0. The van der Waals surface area contributed by atoms with E-state index in [1.165, 1.54) is 0 Å². The van der Waals surface area contributed by atoms with Crippen LogP contribution < -0.4 is 0 Å². The largest absolute Gasteiger partial charge is 0.374 e. The average Bonchev–Trinajstić information content (AvgIpc) is 2.88. The van der Waals surface area contributed by atoms with Crippen LogP contribution in [0, 0.1) is 0 Å². The molecule has 1 aliphatic heterocycles. The van der Waals surface area contributed by atoms with Crippen LogP contribution in [0.5, 0.6) is 0 Å². The molecule has 4 rings (SSSR count). The van der Waals surface area contributed by atoms with E-state index >= 15 is 0 Å². The van der Waals surface area contributed by atoms with E-state index in [0.717, 1.165) is 16.7 Å². The lowest BCUT2D eigenvalue weighted by molar-refractivity contribution is -0.203. The number of benzene rings is 3. The van der Waals surface area contributed by atoms with Crippen LogP contribution in [-0.2, 0) is 49.3 Å². The molecular weight excluding hydrogens is 488 g/mol. The molecule has 3 aromatic carbocycles. The zero-order valence-electron chi connectivity index (χ0n) is 19.7. The van der Waals surface area contributed by atoms with Gasteiger partial charge in [-0.3, -0.25) is 0 Å². The van der Waals surface area contributed by atoms with Gasteiger partial charge in [-0.1, -0.05) is 98.8 Å². The lowest BCUT2D eigenvalue weighted by Gasteiger charge is -2.40. The zero-order valence-corrected chi connectivity index (χ0v) is 20.5. The molecule has 1 aliphatic rings. The molecule has 9 heteroatoms. The topological polar surface area (TPSA) is 66.4 Å². The fraction of sp³-hybridized carbons (Fsp3) is 0.333. The van der Waals surface area contributed by atoms with Crippen molar-refractivity contribution in [2.75, 3.05) is 13.2 Å². The molecule has 36 heavy (non-hydrogen) atoms. The minimum Gasteiger partial charge on any atom is -0.374 e. The maximum atomic E-state index is 13.5. The number of ether oxygens (including phenoxy) is 4. The Kier molecular flexibility index (Phi) is 9.54. The van der Waals surface area contributed by atoms with Crippen LogP contribution in [0.2, 0.25) is 0 Å². The Morgan fingerprint density at radius 3 is 1.72 bits per heavy atom. The van der Waals surface area contributed by atoms with Crippen molar-refractivity contribution in [1.82, 2.24) is 0 Å². The summed E-state index contributed by atoms with van der Waals surface area (Å²) in [5.74, 6) is 0.